The smallest absolute Gasteiger partial charge is 0.305 e. The largest absolute Gasteiger partial charge is 0.491 e. The SMILES string of the molecule is CCCOc1cccc2c(N(C)CCC(=O)O)ccnc12. The summed E-state index contributed by atoms with van der Waals surface area (Å²) in [5, 5.41) is 9.78. The number of hydrogen-bond acceptors (Lipinski definition) is 4. The van der Waals surface area contributed by atoms with E-state index < -0.39 is 5.97 Å². The molecule has 0 spiro atoms. The first-order valence-electron chi connectivity index (χ1n) is 7.07. The number of rotatable bonds is 7. The molecule has 5 heteroatoms. The van der Waals surface area contributed by atoms with Gasteiger partial charge in [0.2, 0.25) is 0 Å². The molecule has 1 aromatic carbocycles. The Bertz CT molecular complexity index is 628. The number of nitrogens with zero attached hydrogens (tertiary/aromatic N) is 2. The van der Waals surface area contributed by atoms with E-state index in [1.807, 2.05) is 36.2 Å². The summed E-state index contributed by atoms with van der Waals surface area (Å²) < 4.78 is 5.73. The van der Waals surface area contributed by atoms with Crippen molar-refractivity contribution in [2.24, 2.45) is 0 Å². The monoisotopic (exact) mass is 288 g/mol. The number of aromatic nitrogens is 1. The predicted octanol–water partition coefficient (Wildman–Crippen LogP) is 2.93. The molecule has 0 aliphatic heterocycles. The van der Waals surface area contributed by atoms with Gasteiger partial charge >= 0.3 is 5.97 Å². The molecular formula is C16H20N2O3. The normalized spacial score (nSPS) is 10.6. The van der Waals surface area contributed by atoms with E-state index in [1.54, 1.807) is 6.20 Å². The number of hydrogen-bond donors (Lipinski definition) is 1. The first-order chi connectivity index (χ1) is 10.1. The van der Waals surface area contributed by atoms with Crippen LogP contribution in [0.4, 0.5) is 5.69 Å². The van der Waals surface area contributed by atoms with E-state index in [9.17, 15) is 4.79 Å². The molecule has 1 N–H and O–H groups in total. The standard InChI is InChI=1S/C16H20N2O3/c1-3-11-21-14-6-4-5-12-13(7-9-17-16(12)14)18(2)10-8-15(19)20/h4-7,9H,3,8,10-11H2,1-2H3,(H,19,20). The fourth-order valence-corrected chi connectivity index (χ4v) is 2.18. The number of ether oxygens (including phenoxy) is 1. The molecule has 0 unspecified atom stereocenters. The number of carboxylic acid groups (broad SMARTS) is 1. The summed E-state index contributed by atoms with van der Waals surface area (Å²) in [5.74, 6) is -0.0324. The molecule has 1 aromatic heterocycles. The van der Waals surface area contributed by atoms with Crippen LogP contribution in [0.1, 0.15) is 19.8 Å². The van der Waals surface area contributed by atoms with Crippen LogP contribution in [-0.4, -0.2) is 36.3 Å². The van der Waals surface area contributed by atoms with Gasteiger partial charge in [0.1, 0.15) is 11.3 Å². The van der Waals surface area contributed by atoms with E-state index >= 15 is 0 Å². The van der Waals surface area contributed by atoms with Crippen molar-refractivity contribution in [2.45, 2.75) is 19.8 Å². The van der Waals surface area contributed by atoms with Gasteiger partial charge in [-0.15, -0.1) is 0 Å². The number of aliphatic carboxylic acids is 1. The highest BCUT2D eigenvalue weighted by Crippen LogP contribution is 2.30. The van der Waals surface area contributed by atoms with Gasteiger partial charge in [-0.1, -0.05) is 19.1 Å². The summed E-state index contributed by atoms with van der Waals surface area (Å²) in [7, 11) is 1.89. The average Bonchev–Trinajstić information content (AvgIpc) is 2.49. The number of fused-ring (bicyclic) bond motifs is 1. The van der Waals surface area contributed by atoms with Gasteiger partial charge in [0.05, 0.1) is 13.0 Å². The van der Waals surface area contributed by atoms with Gasteiger partial charge in [-0.25, -0.2) is 0 Å². The predicted molar refractivity (Wildman–Crippen MR) is 83.1 cm³/mol. The van der Waals surface area contributed by atoms with Crippen LogP contribution in [-0.2, 0) is 4.79 Å². The molecule has 2 rings (SSSR count). The number of anilines is 1. The Labute approximate surface area is 124 Å². The lowest BCUT2D eigenvalue weighted by Crippen LogP contribution is -2.21. The Kier molecular flexibility index (Phi) is 4.98. The molecule has 0 amide bonds. The second kappa shape index (κ2) is 6.92. The second-order valence-electron chi connectivity index (χ2n) is 4.90. The van der Waals surface area contributed by atoms with Gasteiger partial charge < -0.3 is 14.7 Å². The van der Waals surface area contributed by atoms with Gasteiger partial charge in [0.15, 0.2) is 0 Å². The van der Waals surface area contributed by atoms with E-state index in [0.717, 1.165) is 28.8 Å². The van der Waals surface area contributed by atoms with Crippen molar-refractivity contribution in [3.05, 3.63) is 30.5 Å². The van der Waals surface area contributed by atoms with Crippen LogP contribution in [0.15, 0.2) is 30.5 Å². The van der Waals surface area contributed by atoms with Crippen molar-refractivity contribution in [2.75, 3.05) is 25.1 Å². The lowest BCUT2D eigenvalue weighted by Gasteiger charge is -2.20. The summed E-state index contributed by atoms with van der Waals surface area (Å²) >= 11 is 0. The molecule has 21 heavy (non-hydrogen) atoms. The van der Waals surface area contributed by atoms with Crippen molar-refractivity contribution < 1.29 is 14.6 Å². The quantitative estimate of drug-likeness (QED) is 0.848. The Morgan fingerprint density at radius 2 is 2.19 bits per heavy atom. The summed E-state index contributed by atoms with van der Waals surface area (Å²) in [6.45, 7) is 3.16. The lowest BCUT2D eigenvalue weighted by atomic mass is 10.1. The Morgan fingerprint density at radius 3 is 2.90 bits per heavy atom. The van der Waals surface area contributed by atoms with E-state index in [-0.39, 0.29) is 6.42 Å². The highest BCUT2D eigenvalue weighted by atomic mass is 16.5. The zero-order chi connectivity index (χ0) is 15.2. The van der Waals surface area contributed by atoms with Crippen molar-refractivity contribution in [3.8, 4) is 5.75 Å². The van der Waals surface area contributed by atoms with E-state index in [1.165, 1.54) is 0 Å². The van der Waals surface area contributed by atoms with Crippen LogP contribution in [0.2, 0.25) is 0 Å². The molecule has 2 aromatic rings. The van der Waals surface area contributed by atoms with E-state index in [2.05, 4.69) is 11.9 Å². The maximum Gasteiger partial charge on any atom is 0.305 e. The van der Waals surface area contributed by atoms with E-state index in [0.29, 0.717) is 13.2 Å². The second-order valence-corrected chi connectivity index (χ2v) is 4.90. The van der Waals surface area contributed by atoms with Crippen LogP contribution in [0, 0.1) is 0 Å². The fourth-order valence-electron chi connectivity index (χ4n) is 2.18. The van der Waals surface area contributed by atoms with Gasteiger partial charge in [0.25, 0.3) is 0 Å². The van der Waals surface area contributed by atoms with Crippen LogP contribution in [0.5, 0.6) is 5.75 Å². The van der Waals surface area contributed by atoms with Crippen molar-refractivity contribution in [1.82, 2.24) is 4.98 Å². The highest BCUT2D eigenvalue weighted by molar-refractivity contribution is 5.95. The number of carboxylic acids is 1. The first kappa shape index (κ1) is 15.1. The number of pyridine rings is 1. The Morgan fingerprint density at radius 1 is 1.38 bits per heavy atom. The molecule has 0 atom stereocenters. The number of para-hydroxylation sites is 1. The van der Waals surface area contributed by atoms with Gasteiger partial charge in [-0.05, 0) is 18.6 Å². The zero-order valence-electron chi connectivity index (χ0n) is 12.4. The molecule has 0 bridgehead atoms. The Balaban J connectivity index is 2.34. The maximum absolute atomic E-state index is 10.7. The van der Waals surface area contributed by atoms with E-state index in [4.69, 9.17) is 9.84 Å². The minimum Gasteiger partial charge on any atom is -0.491 e. The molecule has 5 nitrogen and oxygen atoms in total. The van der Waals surface area contributed by atoms with Crippen molar-refractivity contribution in [3.63, 3.8) is 0 Å². The minimum absolute atomic E-state index is 0.104. The third kappa shape index (κ3) is 3.62. The van der Waals surface area contributed by atoms with Crippen LogP contribution in [0.25, 0.3) is 10.9 Å². The van der Waals surface area contributed by atoms with Crippen LogP contribution in [0.3, 0.4) is 0 Å². The maximum atomic E-state index is 10.7. The first-order valence-corrected chi connectivity index (χ1v) is 7.07. The summed E-state index contributed by atoms with van der Waals surface area (Å²) in [5.41, 5.74) is 1.77. The minimum atomic E-state index is -0.799. The van der Waals surface area contributed by atoms with Gasteiger partial charge in [-0.3, -0.25) is 9.78 Å². The molecule has 0 aliphatic carbocycles. The molecular weight excluding hydrogens is 268 g/mol. The van der Waals surface area contributed by atoms with Crippen LogP contribution >= 0.6 is 0 Å². The van der Waals surface area contributed by atoms with Gasteiger partial charge in [-0.2, -0.15) is 0 Å². The third-order valence-corrected chi connectivity index (χ3v) is 3.25. The summed E-state index contributed by atoms with van der Waals surface area (Å²) in [6.07, 6.45) is 2.77. The van der Waals surface area contributed by atoms with Crippen molar-refractivity contribution >= 4 is 22.6 Å². The van der Waals surface area contributed by atoms with Crippen LogP contribution < -0.4 is 9.64 Å². The Hall–Kier alpha value is -2.30. The molecule has 0 aliphatic rings. The van der Waals surface area contributed by atoms with Crippen molar-refractivity contribution in [1.29, 1.82) is 0 Å². The molecule has 0 saturated heterocycles. The number of benzene rings is 1. The number of carbonyl (C=O) groups is 1. The molecule has 0 fully saturated rings. The topological polar surface area (TPSA) is 62.7 Å². The zero-order valence-corrected chi connectivity index (χ0v) is 12.4. The highest BCUT2D eigenvalue weighted by Gasteiger charge is 2.11. The lowest BCUT2D eigenvalue weighted by molar-refractivity contribution is -0.136. The average molecular weight is 288 g/mol. The third-order valence-electron chi connectivity index (χ3n) is 3.25. The fraction of sp³-hybridized carbons (Fsp3) is 0.375. The molecule has 112 valence electrons. The van der Waals surface area contributed by atoms with Gasteiger partial charge in [0, 0.05) is 30.9 Å². The summed E-state index contributed by atoms with van der Waals surface area (Å²) in [4.78, 5) is 17.0. The molecule has 0 saturated carbocycles. The molecule has 1 heterocycles. The molecule has 0 radical (unpaired) electrons. The summed E-state index contributed by atoms with van der Waals surface area (Å²) in [6, 6.07) is 7.72.